The number of nitrogens with one attached hydrogen (secondary N) is 1. The average Bonchev–Trinajstić information content (AvgIpc) is 3.23. The maximum absolute atomic E-state index is 12.9. The first-order valence-electron chi connectivity index (χ1n) is 8.34. The van der Waals surface area contributed by atoms with Gasteiger partial charge < -0.3 is 10.2 Å². The van der Waals surface area contributed by atoms with Crippen LogP contribution in [0.15, 0.2) is 24.3 Å². The van der Waals surface area contributed by atoms with E-state index in [1.165, 1.54) is 0 Å². The quantitative estimate of drug-likeness (QED) is 0.887. The van der Waals surface area contributed by atoms with Gasteiger partial charge in [0.2, 0.25) is 5.91 Å². The number of aromatic nitrogens is 3. The Hall–Kier alpha value is -1.63. The minimum atomic E-state index is -0.288. The summed E-state index contributed by atoms with van der Waals surface area (Å²) in [4.78, 5) is 14.7. The molecular weight excluding hydrogens is 361 g/mol. The Kier molecular flexibility index (Phi) is 5.32. The van der Waals surface area contributed by atoms with Crippen LogP contribution >= 0.6 is 24.0 Å². The van der Waals surface area contributed by atoms with Crippen molar-refractivity contribution in [2.75, 3.05) is 6.54 Å². The van der Waals surface area contributed by atoms with E-state index in [1.807, 2.05) is 40.7 Å². The van der Waals surface area contributed by atoms with Crippen LogP contribution in [0.1, 0.15) is 49.1 Å². The van der Waals surface area contributed by atoms with Crippen molar-refractivity contribution >= 4 is 29.9 Å². The van der Waals surface area contributed by atoms with Crippen LogP contribution in [0.2, 0.25) is 5.02 Å². The highest BCUT2D eigenvalue weighted by Gasteiger charge is 2.35. The van der Waals surface area contributed by atoms with Crippen LogP contribution in [0, 0.1) is 0 Å². The minimum absolute atomic E-state index is 0. The van der Waals surface area contributed by atoms with Gasteiger partial charge in [0.15, 0.2) is 11.6 Å². The molecule has 3 heterocycles. The fourth-order valence-electron chi connectivity index (χ4n) is 3.60. The van der Waals surface area contributed by atoms with Crippen molar-refractivity contribution < 1.29 is 4.79 Å². The molecule has 1 fully saturated rings. The monoisotopic (exact) mass is 381 g/mol. The van der Waals surface area contributed by atoms with Gasteiger partial charge in [-0.05, 0) is 37.9 Å². The van der Waals surface area contributed by atoms with E-state index < -0.39 is 0 Å². The lowest BCUT2D eigenvalue weighted by Crippen LogP contribution is -2.42. The number of benzene rings is 1. The molecule has 2 aromatic rings. The summed E-state index contributed by atoms with van der Waals surface area (Å²) < 4.78 is 2.01. The van der Waals surface area contributed by atoms with Crippen molar-refractivity contribution in [3.05, 3.63) is 46.5 Å². The van der Waals surface area contributed by atoms with Crippen LogP contribution in [0.4, 0.5) is 0 Å². The molecule has 1 saturated heterocycles. The van der Waals surface area contributed by atoms with E-state index >= 15 is 0 Å². The number of fused-ring (bicyclic) bond motifs is 1. The molecule has 0 unspecified atom stereocenters. The highest BCUT2D eigenvalue weighted by Crippen LogP contribution is 2.30. The van der Waals surface area contributed by atoms with E-state index in [1.54, 1.807) is 0 Å². The molecule has 8 heteroatoms. The normalized spacial score (nSPS) is 22.6. The standard InChI is InChI=1S/C17H20ClN5O.ClH/c1-11-17(24)22(9-12-5-2-3-6-13(12)18)10-15-20-21-16(23(11)15)14-7-4-8-19-14;/h2-3,5-6,11,14,19H,4,7-10H2,1H3;1H/t11-,14-;/m0./s1. The molecule has 6 nitrogen and oxygen atoms in total. The van der Waals surface area contributed by atoms with Gasteiger partial charge in [-0.1, -0.05) is 29.8 Å². The summed E-state index contributed by atoms with van der Waals surface area (Å²) in [7, 11) is 0. The molecule has 1 N–H and O–H groups in total. The first-order chi connectivity index (χ1) is 11.6. The van der Waals surface area contributed by atoms with Gasteiger partial charge in [-0.25, -0.2) is 0 Å². The van der Waals surface area contributed by atoms with E-state index in [4.69, 9.17) is 11.6 Å². The second-order valence-electron chi connectivity index (χ2n) is 6.46. The Labute approximate surface area is 158 Å². The van der Waals surface area contributed by atoms with Gasteiger partial charge in [-0.15, -0.1) is 22.6 Å². The van der Waals surface area contributed by atoms with Gasteiger partial charge in [-0.3, -0.25) is 9.36 Å². The number of rotatable bonds is 3. The maximum Gasteiger partial charge on any atom is 0.246 e. The molecule has 4 rings (SSSR count). The summed E-state index contributed by atoms with van der Waals surface area (Å²) in [6.45, 7) is 3.88. The summed E-state index contributed by atoms with van der Waals surface area (Å²) >= 11 is 6.24. The van der Waals surface area contributed by atoms with E-state index in [0.717, 1.165) is 36.6 Å². The zero-order valence-electron chi connectivity index (χ0n) is 14.0. The van der Waals surface area contributed by atoms with Crippen LogP contribution in [-0.2, 0) is 17.9 Å². The lowest BCUT2D eigenvalue weighted by molar-refractivity contribution is -0.137. The van der Waals surface area contributed by atoms with Crippen LogP contribution < -0.4 is 5.32 Å². The van der Waals surface area contributed by atoms with Gasteiger partial charge in [0.05, 0.1) is 12.6 Å². The first-order valence-corrected chi connectivity index (χ1v) is 8.72. The molecule has 1 aromatic heterocycles. The van der Waals surface area contributed by atoms with E-state index in [9.17, 15) is 4.79 Å². The van der Waals surface area contributed by atoms with Crippen molar-refractivity contribution in [3.63, 3.8) is 0 Å². The third-order valence-electron chi connectivity index (χ3n) is 4.87. The summed E-state index contributed by atoms with van der Waals surface area (Å²) in [5.74, 6) is 1.82. The Balaban J connectivity index is 0.00000182. The molecule has 0 aliphatic carbocycles. The summed E-state index contributed by atoms with van der Waals surface area (Å²) in [6.07, 6.45) is 2.18. The topological polar surface area (TPSA) is 63.1 Å². The molecule has 1 aromatic carbocycles. The zero-order chi connectivity index (χ0) is 16.7. The SMILES string of the molecule is C[C@H]1C(=O)N(Cc2ccccc2Cl)Cc2nnc([C@@H]3CCCN3)n21.Cl. The van der Waals surface area contributed by atoms with Crippen molar-refractivity contribution in [1.82, 2.24) is 25.0 Å². The second kappa shape index (κ2) is 7.32. The number of halogens is 2. The summed E-state index contributed by atoms with van der Waals surface area (Å²) in [5, 5.41) is 12.8. The second-order valence-corrected chi connectivity index (χ2v) is 6.86. The molecule has 0 bridgehead atoms. The van der Waals surface area contributed by atoms with Gasteiger partial charge >= 0.3 is 0 Å². The molecule has 2 aliphatic heterocycles. The van der Waals surface area contributed by atoms with E-state index in [0.29, 0.717) is 18.1 Å². The van der Waals surface area contributed by atoms with Crippen molar-refractivity contribution in [2.45, 2.75) is 44.9 Å². The Morgan fingerprint density at radius 3 is 2.84 bits per heavy atom. The molecular formula is C17H21Cl2N5O. The molecule has 2 aliphatic rings. The lowest BCUT2D eigenvalue weighted by Gasteiger charge is -2.33. The van der Waals surface area contributed by atoms with Crippen molar-refractivity contribution in [1.29, 1.82) is 0 Å². The van der Waals surface area contributed by atoms with Gasteiger partial charge in [0.25, 0.3) is 0 Å². The zero-order valence-corrected chi connectivity index (χ0v) is 15.6. The first kappa shape index (κ1) is 18.2. The highest BCUT2D eigenvalue weighted by molar-refractivity contribution is 6.31. The number of carbonyl (C=O) groups is 1. The minimum Gasteiger partial charge on any atom is -0.329 e. The number of amides is 1. The smallest absolute Gasteiger partial charge is 0.246 e. The largest absolute Gasteiger partial charge is 0.329 e. The third kappa shape index (κ3) is 3.26. The van der Waals surface area contributed by atoms with Gasteiger partial charge in [0, 0.05) is 11.6 Å². The highest BCUT2D eigenvalue weighted by atomic mass is 35.5. The van der Waals surface area contributed by atoms with E-state index in [-0.39, 0.29) is 30.4 Å². The van der Waals surface area contributed by atoms with Crippen LogP contribution in [0.3, 0.4) is 0 Å². The Bertz CT molecular complexity index is 772. The maximum atomic E-state index is 12.9. The third-order valence-corrected chi connectivity index (χ3v) is 5.24. The number of carbonyl (C=O) groups excluding carboxylic acids is 1. The van der Waals surface area contributed by atoms with Crippen LogP contribution in [0.5, 0.6) is 0 Å². The predicted molar refractivity (Wildman–Crippen MR) is 97.7 cm³/mol. The molecule has 0 saturated carbocycles. The fraction of sp³-hybridized carbons (Fsp3) is 0.471. The lowest BCUT2D eigenvalue weighted by atomic mass is 10.1. The molecule has 2 atom stereocenters. The van der Waals surface area contributed by atoms with Gasteiger partial charge in [-0.2, -0.15) is 0 Å². The van der Waals surface area contributed by atoms with Crippen LogP contribution in [-0.4, -0.2) is 32.1 Å². The van der Waals surface area contributed by atoms with Crippen molar-refractivity contribution in [3.8, 4) is 0 Å². The summed E-state index contributed by atoms with van der Waals surface area (Å²) in [5.41, 5.74) is 0.949. The molecule has 0 radical (unpaired) electrons. The number of nitrogens with zero attached hydrogens (tertiary/aromatic N) is 4. The number of hydrogen-bond donors (Lipinski definition) is 1. The van der Waals surface area contributed by atoms with Crippen molar-refractivity contribution in [2.24, 2.45) is 0 Å². The molecule has 134 valence electrons. The van der Waals surface area contributed by atoms with E-state index in [2.05, 4.69) is 15.5 Å². The average molecular weight is 382 g/mol. The molecule has 0 spiro atoms. The molecule has 25 heavy (non-hydrogen) atoms. The Morgan fingerprint density at radius 1 is 1.32 bits per heavy atom. The fourth-order valence-corrected chi connectivity index (χ4v) is 3.79. The van der Waals surface area contributed by atoms with Crippen LogP contribution in [0.25, 0.3) is 0 Å². The Morgan fingerprint density at radius 2 is 2.12 bits per heavy atom. The van der Waals surface area contributed by atoms with Gasteiger partial charge in [0.1, 0.15) is 6.04 Å². The number of hydrogen-bond acceptors (Lipinski definition) is 4. The predicted octanol–water partition coefficient (Wildman–Crippen LogP) is 2.88. The summed E-state index contributed by atoms with van der Waals surface area (Å²) in [6, 6.07) is 7.55. The molecule has 1 amide bonds.